The van der Waals surface area contributed by atoms with E-state index in [-0.39, 0.29) is 13.4 Å². The lowest BCUT2D eigenvalue weighted by Crippen LogP contribution is -2.02. The first-order valence-electron chi connectivity index (χ1n) is 5.89. The molecule has 2 rings (SSSR count). The van der Waals surface area contributed by atoms with Gasteiger partial charge in [0.2, 0.25) is 0 Å². The smallest absolute Gasteiger partial charge is 0.188 e. The van der Waals surface area contributed by atoms with Gasteiger partial charge in [-0.25, -0.2) is 4.98 Å². The second-order valence-electron chi connectivity index (χ2n) is 4.12. The molecule has 0 aliphatic carbocycles. The molecule has 0 radical (unpaired) electrons. The second kappa shape index (κ2) is 5.81. The Hall–Kier alpha value is -1.92. The molecule has 0 saturated heterocycles. The van der Waals surface area contributed by atoms with E-state index in [1.807, 2.05) is 19.1 Å². The van der Waals surface area contributed by atoms with E-state index in [2.05, 4.69) is 10.1 Å². The number of hydrogen-bond acceptors (Lipinski definition) is 5. The first-order valence-corrected chi connectivity index (χ1v) is 5.89. The zero-order chi connectivity index (χ0) is 13.8. The normalized spacial score (nSPS) is 10.7. The van der Waals surface area contributed by atoms with Crippen LogP contribution in [0.25, 0.3) is 11.3 Å². The van der Waals surface area contributed by atoms with Crippen molar-refractivity contribution in [1.82, 2.24) is 14.8 Å². The maximum atomic E-state index is 9.36. The molecule has 2 aromatic rings. The molecule has 0 atom stereocenters. The van der Waals surface area contributed by atoms with Crippen LogP contribution in [-0.4, -0.2) is 33.8 Å². The van der Waals surface area contributed by atoms with Gasteiger partial charge >= 0.3 is 0 Å². The molecule has 2 aromatic heterocycles. The van der Waals surface area contributed by atoms with Crippen molar-refractivity contribution in [3.05, 3.63) is 29.7 Å². The molecule has 2 heterocycles. The highest BCUT2D eigenvalue weighted by atomic mass is 16.7. The summed E-state index contributed by atoms with van der Waals surface area (Å²) in [4.78, 5) is 4.47. The molecular formula is C13H17N3O3. The number of aliphatic hydroxyl groups is 1. The fraction of sp³-hybridized carbons (Fsp3) is 0.385. The number of aryl methyl sites for hydroxylation is 2. The highest BCUT2D eigenvalue weighted by Crippen LogP contribution is 2.25. The summed E-state index contributed by atoms with van der Waals surface area (Å²) >= 11 is 0. The van der Waals surface area contributed by atoms with Gasteiger partial charge in [-0.15, -0.1) is 0 Å². The van der Waals surface area contributed by atoms with Crippen molar-refractivity contribution < 1.29 is 14.6 Å². The van der Waals surface area contributed by atoms with Gasteiger partial charge in [0.05, 0.1) is 29.9 Å². The highest BCUT2D eigenvalue weighted by Gasteiger charge is 2.12. The van der Waals surface area contributed by atoms with Crippen molar-refractivity contribution in [3.8, 4) is 17.0 Å². The van der Waals surface area contributed by atoms with Crippen LogP contribution < -0.4 is 4.74 Å². The van der Waals surface area contributed by atoms with Crippen molar-refractivity contribution in [2.24, 2.45) is 7.05 Å². The van der Waals surface area contributed by atoms with Crippen LogP contribution in [0.4, 0.5) is 0 Å². The summed E-state index contributed by atoms with van der Waals surface area (Å²) in [7, 11) is 3.36. The number of pyridine rings is 1. The van der Waals surface area contributed by atoms with E-state index in [1.54, 1.807) is 25.0 Å². The van der Waals surface area contributed by atoms with Gasteiger partial charge in [-0.2, -0.15) is 5.10 Å². The van der Waals surface area contributed by atoms with E-state index in [0.717, 1.165) is 22.6 Å². The third kappa shape index (κ3) is 2.74. The quantitative estimate of drug-likeness (QED) is 0.823. The van der Waals surface area contributed by atoms with E-state index >= 15 is 0 Å². The largest absolute Gasteiger partial charge is 0.466 e. The molecule has 19 heavy (non-hydrogen) atoms. The second-order valence-corrected chi connectivity index (χ2v) is 4.12. The van der Waals surface area contributed by atoms with Crippen LogP contribution in [0.1, 0.15) is 11.4 Å². The summed E-state index contributed by atoms with van der Waals surface area (Å²) in [5.41, 5.74) is 3.09. The van der Waals surface area contributed by atoms with E-state index in [4.69, 9.17) is 9.47 Å². The number of aromatic nitrogens is 3. The maximum absolute atomic E-state index is 9.36. The van der Waals surface area contributed by atoms with Gasteiger partial charge in [-0.1, -0.05) is 0 Å². The molecule has 0 saturated carbocycles. The van der Waals surface area contributed by atoms with Gasteiger partial charge in [0.25, 0.3) is 0 Å². The molecular weight excluding hydrogens is 246 g/mol. The zero-order valence-corrected chi connectivity index (χ0v) is 11.3. The van der Waals surface area contributed by atoms with Crippen LogP contribution in [0, 0.1) is 6.92 Å². The van der Waals surface area contributed by atoms with Crippen molar-refractivity contribution in [3.63, 3.8) is 0 Å². The van der Waals surface area contributed by atoms with Gasteiger partial charge in [0.1, 0.15) is 5.75 Å². The number of rotatable bonds is 5. The van der Waals surface area contributed by atoms with Crippen LogP contribution in [-0.2, 0) is 18.4 Å². The third-order valence-corrected chi connectivity index (χ3v) is 2.86. The lowest BCUT2D eigenvalue weighted by molar-refractivity contribution is 0.0503. The molecule has 6 nitrogen and oxygen atoms in total. The number of methoxy groups -OCH3 is 1. The van der Waals surface area contributed by atoms with Gasteiger partial charge in [-0.05, 0) is 19.1 Å². The van der Waals surface area contributed by atoms with Crippen molar-refractivity contribution in [2.45, 2.75) is 13.5 Å². The van der Waals surface area contributed by atoms with Crippen molar-refractivity contribution in [1.29, 1.82) is 0 Å². The molecule has 1 N–H and O–H groups in total. The Kier molecular flexibility index (Phi) is 4.13. The molecule has 102 valence electrons. The molecule has 6 heteroatoms. The molecule has 0 spiro atoms. The molecule has 0 aliphatic heterocycles. The van der Waals surface area contributed by atoms with Crippen molar-refractivity contribution in [2.75, 3.05) is 13.9 Å². The topological polar surface area (TPSA) is 69.4 Å². The van der Waals surface area contributed by atoms with E-state index in [9.17, 15) is 5.11 Å². The standard InChI is InChI=1S/C13H17N3O3/c1-9-13(19-8-18-3)5-4-11(15-9)10-6-14-16(2)12(10)7-17/h4-6,17H,7-8H2,1-3H3. The first-order chi connectivity index (χ1) is 9.17. The van der Waals surface area contributed by atoms with Crippen LogP contribution >= 0.6 is 0 Å². The van der Waals surface area contributed by atoms with Crippen LogP contribution in [0.2, 0.25) is 0 Å². The SMILES string of the molecule is COCOc1ccc(-c2cnn(C)c2CO)nc1C. The summed E-state index contributed by atoms with van der Waals surface area (Å²) in [5.74, 6) is 0.681. The average molecular weight is 263 g/mol. The lowest BCUT2D eigenvalue weighted by atomic mass is 10.1. The van der Waals surface area contributed by atoms with Crippen LogP contribution in [0.15, 0.2) is 18.3 Å². The predicted molar refractivity (Wildman–Crippen MR) is 69.6 cm³/mol. The number of nitrogens with zero attached hydrogens (tertiary/aromatic N) is 3. The molecule has 0 bridgehead atoms. The fourth-order valence-corrected chi connectivity index (χ4v) is 1.84. The minimum absolute atomic E-state index is 0.0749. The molecule has 0 aromatic carbocycles. The summed E-state index contributed by atoms with van der Waals surface area (Å²) in [6.45, 7) is 1.98. The number of hydrogen-bond donors (Lipinski definition) is 1. The third-order valence-electron chi connectivity index (χ3n) is 2.86. The Morgan fingerprint density at radius 1 is 1.37 bits per heavy atom. The monoisotopic (exact) mass is 263 g/mol. The van der Waals surface area contributed by atoms with E-state index in [0.29, 0.717) is 5.75 Å². The van der Waals surface area contributed by atoms with Gasteiger partial charge < -0.3 is 14.6 Å². The van der Waals surface area contributed by atoms with Crippen LogP contribution in [0.5, 0.6) is 5.75 Å². The van der Waals surface area contributed by atoms with Crippen LogP contribution in [0.3, 0.4) is 0 Å². The van der Waals surface area contributed by atoms with E-state index < -0.39 is 0 Å². The summed E-state index contributed by atoms with van der Waals surface area (Å²) in [6, 6.07) is 3.68. The maximum Gasteiger partial charge on any atom is 0.188 e. The Bertz CT molecular complexity index is 566. The zero-order valence-electron chi connectivity index (χ0n) is 11.3. The Labute approximate surface area is 111 Å². The molecule has 0 aliphatic rings. The Morgan fingerprint density at radius 3 is 2.79 bits per heavy atom. The van der Waals surface area contributed by atoms with Gasteiger partial charge in [0, 0.05) is 19.7 Å². The predicted octanol–water partition coefficient (Wildman–Crippen LogP) is 1.27. The summed E-state index contributed by atoms with van der Waals surface area (Å²) in [5, 5.41) is 13.5. The minimum Gasteiger partial charge on any atom is -0.466 e. The summed E-state index contributed by atoms with van der Waals surface area (Å²) < 4.78 is 11.9. The number of ether oxygens (including phenoxy) is 2. The number of aliphatic hydroxyl groups excluding tert-OH is 1. The van der Waals surface area contributed by atoms with E-state index in [1.165, 1.54) is 0 Å². The minimum atomic E-state index is -0.0749. The highest BCUT2D eigenvalue weighted by molar-refractivity contribution is 5.62. The Morgan fingerprint density at radius 2 is 2.16 bits per heavy atom. The molecule has 0 fully saturated rings. The Balaban J connectivity index is 2.33. The average Bonchev–Trinajstić information content (AvgIpc) is 2.78. The fourth-order valence-electron chi connectivity index (χ4n) is 1.84. The molecule has 0 unspecified atom stereocenters. The lowest BCUT2D eigenvalue weighted by Gasteiger charge is -2.09. The first kappa shape index (κ1) is 13.5. The molecule has 0 amide bonds. The van der Waals surface area contributed by atoms with Crippen molar-refractivity contribution >= 4 is 0 Å². The summed E-state index contributed by atoms with van der Waals surface area (Å²) in [6.07, 6.45) is 1.70. The van der Waals surface area contributed by atoms with Gasteiger partial charge in [0.15, 0.2) is 6.79 Å². The van der Waals surface area contributed by atoms with Gasteiger partial charge in [-0.3, -0.25) is 4.68 Å².